The second kappa shape index (κ2) is 11.8. The van der Waals surface area contributed by atoms with E-state index in [0.717, 1.165) is 46.4 Å². The van der Waals surface area contributed by atoms with Gasteiger partial charge in [0.05, 0.1) is 20.3 Å². The third kappa shape index (κ3) is 5.99. The molecule has 1 aliphatic carbocycles. The van der Waals surface area contributed by atoms with E-state index in [0.29, 0.717) is 6.42 Å². The van der Waals surface area contributed by atoms with Gasteiger partial charge in [0.1, 0.15) is 23.9 Å². The molecule has 5 rings (SSSR count). The quantitative estimate of drug-likeness (QED) is 0.425. The number of rotatable bonds is 1. The number of nitrogens with zero attached hydrogens (tertiary/aromatic N) is 2. The van der Waals surface area contributed by atoms with Gasteiger partial charge in [-0.1, -0.05) is 74.5 Å². The first-order valence-corrected chi connectivity index (χ1v) is 14.1. The average Bonchev–Trinajstić information content (AvgIpc) is 3.51. The predicted octanol–water partition coefficient (Wildman–Crippen LogP) is 4.92. The highest BCUT2D eigenvalue weighted by molar-refractivity contribution is 6.24. The zero-order chi connectivity index (χ0) is 29.1. The van der Waals surface area contributed by atoms with Gasteiger partial charge in [-0.2, -0.15) is 0 Å². The molecule has 2 amide bonds. The van der Waals surface area contributed by atoms with Gasteiger partial charge in [0.2, 0.25) is 5.91 Å². The van der Waals surface area contributed by atoms with Crippen LogP contribution < -0.4 is 5.32 Å². The number of hydrogen-bond acceptors (Lipinski definition) is 7. The van der Waals surface area contributed by atoms with Crippen molar-refractivity contribution in [2.75, 3.05) is 20.3 Å². The number of oxime groups is 1. The molecule has 3 atom stereocenters. The number of benzene rings is 2. The Morgan fingerprint density at radius 1 is 1.05 bits per heavy atom. The molecule has 0 spiro atoms. The van der Waals surface area contributed by atoms with Crippen LogP contribution in [0.15, 0.2) is 53.7 Å². The zero-order valence-electron chi connectivity index (χ0n) is 24.0. The van der Waals surface area contributed by atoms with Crippen molar-refractivity contribution in [1.29, 1.82) is 0 Å². The van der Waals surface area contributed by atoms with Crippen LogP contribution in [0.5, 0.6) is 0 Å². The smallest absolute Gasteiger partial charge is 0.407 e. The van der Waals surface area contributed by atoms with E-state index in [2.05, 4.69) is 46.9 Å². The molecule has 1 fully saturated rings. The third-order valence-corrected chi connectivity index (χ3v) is 7.77. The largest absolute Gasteiger partial charge is 0.467 e. The molecule has 216 valence electrons. The maximum atomic E-state index is 13.9. The van der Waals surface area contributed by atoms with Crippen LogP contribution in [-0.4, -0.2) is 67.0 Å². The number of allylic oxidation sites excluding steroid dienone is 1. The first-order valence-electron chi connectivity index (χ1n) is 14.1. The lowest BCUT2D eigenvalue weighted by atomic mass is 9.85. The molecule has 9 nitrogen and oxygen atoms in total. The van der Waals surface area contributed by atoms with E-state index in [9.17, 15) is 14.4 Å². The molecular formula is C32H37N3O6. The fraction of sp³-hybridized carbons (Fsp3) is 0.438. The Bertz CT molecular complexity index is 1390. The molecule has 0 unspecified atom stereocenters. The van der Waals surface area contributed by atoms with Gasteiger partial charge in [-0.05, 0) is 47.4 Å². The molecule has 3 aliphatic rings. The van der Waals surface area contributed by atoms with Crippen molar-refractivity contribution in [3.63, 3.8) is 0 Å². The number of alkyl carbamates (subject to hydrolysis) is 1. The Morgan fingerprint density at radius 3 is 2.56 bits per heavy atom. The summed E-state index contributed by atoms with van der Waals surface area (Å²) in [6, 6.07) is 12.6. The number of ether oxygens (including phenoxy) is 2. The van der Waals surface area contributed by atoms with Crippen LogP contribution in [0.25, 0.3) is 17.2 Å². The van der Waals surface area contributed by atoms with E-state index in [1.807, 2.05) is 39.0 Å². The van der Waals surface area contributed by atoms with Gasteiger partial charge in [0.15, 0.2) is 0 Å². The monoisotopic (exact) mass is 559 g/mol. The molecular weight excluding hydrogens is 522 g/mol. The van der Waals surface area contributed by atoms with E-state index in [1.165, 1.54) is 12.0 Å². The van der Waals surface area contributed by atoms with Crippen LogP contribution in [0.4, 0.5) is 4.79 Å². The molecule has 41 heavy (non-hydrogen) atoms. The fourth-order valence-electron chi connectivity index (χ4n) is 5.59. The number of amides is 2. The van der Waals surface area contributed by atoms with E-state index in [4.69, 9.17) is 14.3 Å². The lowest BCUT2D eigenvalue weighted by Crippen LogP contribution is -2.57. The summed E-state index contributed by atoms with van der Waals surface area (Å²) in [7, 11) is 1.29. The molecule has 2 aromatic rings. The summed E-state index contributed by atoms with van der Waals surface area (Å²) < 4.78 is 10.4. The minimum Gasteiger partial charge on any atom is -0.467 e. The van der Waals surface area contributed by atoms with Crippen molar-refractivity contribution in [2.45, 2.75) is 64.6 Å². The molecule has 2 aliphatic heterocycles. The number of fused-ring (bicyclic) bond motifs is 6. The summed E-state index contributed by atoms with van der Waals surface area (Å²) in [5.41, 5.74) is 5.23. The van der Waals surface area contributed by atoms with Gasteiger partial charge >= 0.3 is 12.1 Å². The summed E-state index contributed by atoms with van der Waals surface area (Å²) in [6.45, 7) is 5.93. The minimum absolute atomic E-state index is 0.121. The lowest BCUT2D eigenvalue weighted by molar-refractivity contribution is -0.152. The Balaban J connectivity index is 1.51. The van der Waals surface area contributed by atoms with Crippen molar-refractivity contribution in [3.8, 4) is 11.1 Å². The van der Waals surface area contributed by atoms with Crippen molar-refractivity contribution < 1.29 is 28.7 Å². The maximum Gasteiger partial charge on any atom is 0.407 e. The second-order valence-electron chi connectivity index (χ2n) is 11.8. The predicted molar refractivity (Wildman–Crippen MR) is 155 cm³/mol. The van der Waals surface area contributed by atoms with Crippen LogP contribution >= 0.6 is 0 Å². The van der Waals surface area contributed by atoms with Crippen molar-refractivity contribution in [1.82, 2.24) is 10.2 Å². The summed E-state index contributed by atoms with van der Waals surface area (Å²) in [5.74, 6) is -0.942. The molecule has 0 radical (unpaired) electrons. The number of carbonyl (C=O) groups excluding carboxylic acids is 3. The summed E-state index contributed by atoms with van der Waals surface area (Å²) in [5, 5.41) is 7.36. The van der Waals surface area contributed by atoms with Gasteiger partial charge in [-0.15, -0.1) is 0 Å². The van der Waals surface area contributed by atoms with Crippen molar-refractivity contribution in [3.05, 3.63) is 65.2 Å². The highest BCUT2D eigenvalue weighted by atomic mass is 16.6. The second-order valence-corrected chi connectivity index (χ2v) is 11.8. The Labute approximate surface area is 240 Å². The third-order valence-electron chi connectivity index (χ3n) is 7.77. The molecule has 2 heterocycles. The Morgan fingerprint density at radius 2 is 1.80 bits per heavy atom. The first kappa shape index (κ1) is 28.4. The van der Waals surface area contributed by atoms with Gasteiger partial charge in [-0.3, -0.25) is 4.79 Å². The summed E-state index contributed by atoms with van der Waals surface area (Å²) in [4.78, 5) is 46.8. The highest BCUT2D eigenvalue weighted by Gasteiger charge is 2.46. The molecule has 1 saturated heterocycles. The van der Waals surface area contributed by atoms with Crippen LogP contribution in [0.1, 0.15) is 63.1 Å². The van der Waals surface area contributed by atoms with Crippen LogP contribution in [0.2, 0.25) is 0 Å². The molecule has 0 saturated carbocycles. The van der Waals surface area contributed by atoms with Gasteiger partial charge < -0.3 is 24.5 Å². The lowest BCUT2D eigenvalue weighted by Gasteiger charge is -2.34. The van der Waals surface area contributed by atoms with E-state index in [-0.39, 0.29) is 19.6 Å². The number of nitrogens with one attached hydrogen (secondary N) is 1. The highest BCUT2D eigenvalue weighted by Crippen LogP contribution is 2.38. The van der Waals surface area contributed by atoms with Crippen molar-refractivity contribution >= 4 is 29.8 Å². The van der Waals surface area contributed by atoms with Crippen molar-refractivity contribution in [2.24, 2.45) is 10.6 Å². The molecule has 1 N–H and O–H groups in total. The average molecular weight is 560 g/mol. The number of carbonyl (C=O) groups is 3. The van der Waals surface area contributed by atoms with Gasteiger partial charge in [0, 0.05) is 17.5 Å². The number of esters is 1. The number of hydrogen-bond donors (Lipinski definition) is 1. The normalized spacial score (nSPS) is 23.9. The molecule has 0 aromatic heterocycles. The minimum atomic E-state index is -0.923. The number of cyclic esters (lactones) is 1. The van der Waals surface area contributed by atoms with Crippen LogP contribution in [0.3, 0.4) is 0 Å². The van der Waals surface area contributed by atoms with Crippen LogP contribution in [-0.2, 0) is 23.9 Å². The first-order chi connectivity index (χ1) is 19.7. The van der Waals surface area contributed by atoms with E-state index >= 15 is 0 Å². The van der Waals surface area contributed by atoms with E-state index in [1.54, 1.807) is 0 Å². The Hall–Kier alpha value is -4.14. The Kier molecular flexibility index (Phi) is 8.15. The fourth-order valence-corrected chi connectivity index (χ4v) is 5.59. The van der Waals surface area contributed by atoms with Gasteiger partial charge in [0.25, 0.3) is 0 Å². The van der Waals surface area contributed by atoms with Gasteiger partial charge in [-0.25, -0.2) is 9.59 Å². The topological polar surface area (TPSA) is 107 Å². The molecule has 2 aromatic carbocycles. The van der Waals surface area contributed by atoms with E-state index < -0.39 is 41.6 Å². The SMILES string of the molecule is COC(=O)[C@@H]1C[C@@H]2CN1C(=O)[C@H](C(C)(C)C)NC(=O)OCCCC/C=C/c1ccc3c(c1)C(=NO2)c1ccccc1-3. The van der Waals surface area contributed by atoms with Crippen LogP contribution in [0, 0.1) is 5.41 Å². The summed E-state index contributed by atoms with van der Waals surface area (Å²) in [6.07, 6.45) is 5.58. The molecule has 4 bridgehead atoms. The molecule has 9 heteroatoms. The number of methoxy groups -OCH3 is 1. The standard InChI is InChI=1S/C32H37N3O6/c1-32(2,3)28-29(36)35-19-21(18-26(35)30(37)39-4)41-34-27-24-13-9-8-12-22(24)23-15-14-20(17-25(23)27)11-7-5-6-10-16-40-31(38)33-28/h7-9,11-15,17,21,26,28H,5-6,10,16,18-19H2,1-4H3,(H,33,38)/b11-7+,34-27?/t21-,26+,28-/m1/s1. The maximum absolute atomic E-state index is 13.9. The summed E-state index contributed by atoms with van der Waals surface area (Å²) >= 11 is 0. The zero-order valence-corrected chi connectivity index (χ0v) is 24.0.